The molecule has 0 radical (unpaired) electrons. The van der Waals surface area contributed by atoms with Crippen LogP contribution in [0.25, 0.3) is 5.78 Å². The average molecular weight is 233 g/mol. The molecule has 0 atom stereocenters. The average Bonchev–Trinajstić information content (AvgIpc) is 3.06. The molecule has 17 heavy (non-hydrogen) atoms. The maximum Gasteiger partial charge on any atom is 0.337 e. The van der Waals surface area contributed by atoms with E-state index in [1.807, 2.05) is 19.3 Å². The van der Waals surface area contributed by atoms with Crippen LogP contribution in [0, 0.1) is 0 Å². The van der Waals surface area contributed by atoms with E-state index in [1.54, 1.807) is 4.52 Å². The van der Waals surface area contributed by atoms with Gasteiger partial charge in [-0.3, -0.25) is 0 Å². The molecule has 90 valence electrons. The third kappa shape index (κ3) is 2.36. The highest BCUT2D eigenvalue weighted by atomic mass is 16.5. The van der Waals surface area contributed by atoms with Crippen molar-refractivity contribution < 1.29 is 4.74 Å². The molecule has 1 aliphatic rings. The molecule has 6 heteroatoms. The van der Waals surface area contributed by atoms with Gasteiger partial charge in [-0.05, 0) is 19.8 Å². The van der Waals surface area contributed by atoms with Gasteiger partial charge >= 0.3 is 6.01 Å². The Kier molecular flexibility index (Phi) is 2.64. The maximum absolute atomic E-state index is 5.24. The largest absolute Gasteiger partial charge is 0.463 e. The first kappa shape index (κ1) is 10.5. The number of fused-ring (bicyclic) bond motifs is 1. The highest BCUT2D eigenvalue weighted by Crippen LogP contribution is 2.19. The van der Waals surface area contributed by atoms with Crippen molar-refractivity contribution in [2.24, 2.45) is 0 Å². The standard InChI is InChI=1S/C11H15N5O/c1-2-17-11-14-10-13-6-8(7-16(10)15-11)5-12-9-3-4-9/h6-7,9,12H,2-5H2,1H3. The molecule has 0 saturated heterocycles. The van der Waals surface area contributed by atoms with Crippen molar-refractivity contribution in [1.29, 1.82) is 0 Å². The van der Waals surface area contributed by atoms with Crippen LogP contribution in [0.1, 0.15) is 25.3 Å². The summed E-state index contributed by atoms with van der Waals surface area (Å²) in [7, 11) is 0. The normalized spacial score (nSPS) is 15.4. The van der Waals surface area contributed by atoms with Gasteiger partial charge in [-0.2, -0.15) is 4.98 Å². The van der Waals surface area contributed by atoms with Crippen LogP contribution in [-0.4, -0.2) is 32.2 Å². The predicted octanol–water partition coefficient (Wildman–Crippen LogP) is 0.775. The minimum Gasteiger partial charge on any atom is -0.463 e. The maximum atomic E-state index is 5.24. The lowest BCUT2D eigenvalue weighted by Crippen LogP contribution is -2.15. The fourth-order valence-electron chi connectivity index (χ4n) is 1.63. The fourth-order valence-corrected chi connectivity index (χ4v) is 1.63. The van der Waals surface area contributed by atoms with E-state index in [4.69, 9.17) is 4.74 Å². The molecule has 1 aliphatic carbocycles. The first-order chi connectivity index (χ1) is 8.35. The zero-order valence-electron chi connectivity index (χ0n) is 9.76. The topological polar surface area (TPSA) is 64.3 Å². The van der Waals surface area contributed by atoms with E-state index in [1.165, 1.54) is 12.8 Å². The lowest BCUT2D eigenvalue weighted by atomic mass is 10.3. The van der Waals surface area contributed by atoms with Gasteiger partial charge in [0.1, 0.15) is 0 Å². The molecule has 0 bridgehead atoms. The third-order valence-corrected chi connectivity index (χ3v) is 2.67. The van der Waals surface area contributed by atoms with Crippen LogP contribution in [0.15, 0.2) is 12.4 Å². The molecule has 1 fully saturated rings. The number of ether oxygens (including phenoxy) is 1. The Balaban J connectivity index is 1.78. The summed E-state index contributed by atoms with van der Waals surface area (Å²) >= 11 is 0. The Morgan fingerprint density at radius 2 is 2.41 bits per heavy atom. The number of hydrogen-bond donors (Lipinski definition) is 1. The zero-order valence-corrected chi connectivity index (χ0v) is 9.76. The van der Waals surface area contributed by atoms with Crippen molar-refractivity contribution in [2.45, 2.75) is 32.4 Å². The quantitative estimate of drug-likeness (QED) is 0.826. The van der Waals surface area contributed by atoms with Gasteiger partial charge in [0, 0.05) is 30.5 Å². The van der Waals surface area contributed by atoms with Crippen LogP contribution in [0.4, 0.5) is 0 Å². The summed E-state index contributed by atoms with van der Waals surface area (Å²) in [5.74, 6) is 0.573. The predicted molar refractivity (Wildman–Crippen MR) is 61.8 cm³/mol. The lowest BCUT2D eigenvalue weighted by Gasteiger charge is -2.01. The molecule has 2 heterocycles. The van der Waals surface area contributed by atoms with E-state index >= 15 is 0 Å². The highest BCUT2D eigenvalue weighted by Gasteiger charge is 2.20. The Morgan fingerprint density at radius 3 is 3.18 bits per heavy atom. The summed E-state index contributed by atoms with van der Waals surface area (Å²) < 4.78 is 6.90. The molecule has 0 aromatic carbocycles. The monoisotopic (exact) mass is 233 g/mol. The summed E-state index contributed by atoms with van der Waals surface area (Å²) in [6, 6.07) is 1.08. The Hall–Kier alpha value is -1.69. The number of nitrogens with one attached hydrogen (secondary N) is 1. The van der Waals surface area contributed by atoms with Crippen LogP contribution >= 0.6 is 0 Å². The first-order valence-corrected chi connectivity index (χ1v) is 5.92. The second-order valence-corrected chi connectivity index (χ2v) is 4.19. The van der Waals surface area contributed by atoms with Crippen LogP contribution < -0.4 is 10.1 Å². The molecule has 0 amide bonds. The van der Waals surface area contributed by atoms with Crippen LogP contribution in [0.2, 0.25) is 0 Å². The van der Waals surface area contributed by atoms with Gasteiger partial charge in [0.25, 0.3) is 5.78 Å². The molecule has 2 aromatic heterocycles. The molecule has 3 rings (SSSR count). The first-order valence-electron chi connectivity index (χ1n) is 5.92. The van der Waals surface area contributed by atoms with E-state index in [0.29, 0.717) is 24.4 Å². The molecule has 0 spiro atoms. The van der Waals surface area contributed by atoms with Crippen molar-refractivity contribution in [2.75, 3.05) is 6.61 Å². The molecular formula is C11H15N5O. The van der Waals surface area contributed by atoms with Crippen LogP contribution in [0.5, 0.6) is 6.01 Å². The molecule has 0 unspecified atom stereocenters. The van der Waals surface area contributed by atoms with E-state index in [2.05, 4.69) is 20.4 Å². The fraction of sp³-hybridized carbons (Fsp3) is 0.545. The Bertz CT molecular complexity index is 520. The molecule has 6 nitrogen and oxygen atoms in total. The second-order valence-electron chi connectivity index (χ2n) is 4.19. The summed E-state index contributed by atoms with van der Waals surface area (Å²) in [6.07, 6.45) is 6.34. The van der Waals surface area contributed by atoms with Gasteiger partial charge in [-0.25, -0.2) is 9.50 Å². The van der Waals surface area contributed by atoms with Crippen LogP contribution in [-0.2, 0) is 6.54 Å². The van der Waals surface area contributed by atoms with E-state index in [0.717, 1.165) is 12.1 Å². The zero-order chi connectivity index (χ0) is 11.7. The van der Waals surface area contributed by atoms with Crippen molar-refractivity contribution in [1.82, 2.24) is 24.9 Å². The molecule has 1 N–H and O–H groups in total. The summed E-state index contributed by atoms with van der Waals surface area (Å²) in [5, 5.41) is 7.64. The second kappa shape index (κ2) is 4.29. The van der Waals surface area contributed by atoms with Crippen molar-refractivity contribution in [3.05, 3.63) is 18.0 Å². The molecule has 0 aliphatic heterocycles. The minimum atomic E-state index is 0.382. The Labute approximate surface area is 99.0 Å². The van der Waals surface area contributed by atoms with Gasteiger partial charge in [0.15, 0.2) is 0 Å². The van der Waals surface area contributed by atoms with Crippen molar-refractivity contribution >= 4 is 5.78 Å². The SMILES string of the molecule is CCOc1nc2ncc(CNC3CC3)cn2n1. The summed E-state index contributed by atoms with van der Waals surface area (Å²) in [6.45, 7) is 3.30. The van der Waals surface area contributed by atoms with Gasteiger partial charge in [-0.15, -0.1) is 5.10 Å². The van der Waals surface area contributed by atoms with E-state index in [9.17, 15) is 0 Å². The van der Waals surface area contributed by atoms with Gasteiger partial charge < -0.3 is 10.1 Å². The lowest BCUT2D eigenvalue weighted by molar-refractivity contribution is 0.313. The molecule has 2 aromatic rings. The Morgan fingerprint density at radius 1 is 1.53 bits per heavy atom. The van der Waals surface area contributed by atoms with Gasteiger partial charge in [0.05, 0.1) is 6.61 Å². The third-order valence-electron chi connectivity index (χ3n) is 2.67. The van der Waals surface area contributed by atoms with Crippen molar-refractivity contribution in [3.8, 4) is 6.01 Å². The number of nitrogens with zero attached hydrogens (tertiary/aromatic N) is 4. The number of hydrogen-bond acceptors (Lipinski definition) is 5. The molecule has 1 saturated carbocycles. The van der Waals surface area contributed by atoms with Crippen molar-refractivity contribution in [3.63, 3.8) is 0 Å². The van der Waals surface area contributed by atoms with E-state index < -0.39 is 0 Å². The number of aromatic nitrogens is 4. The highest BCUT2D eigenvalue weighted by molar-refractivity contribution is 5.29. The molecular weight excluding hydrogens is 218 g/mol. The van der Waals surface area contributed by atoms with Gasteiger partial charge in [0.2, 0.25) is 0 Å². The smallest absolute Gasteiger partial charge is 0.337 e. The van der Waals surface area contributed by atoms with Gasteiger partial charge in [-0.1, -0.05) is 0 Å². The van der Waals surface area contributed by atoms with E-state index in [-0.39, 0.29) is 0 Å². The number of rotatable bonds is 5. The summed E-state index contributed by atoms with van der Waals surface area (Å²) in [4.78, 5) is 8.40. The summed E-state index contributed by atoms with van der Waals surface area (Å²) in [5.41, 5.74) is 1.11. The minimum absolute atomic E-state index is 0.382. The van der Waals surface area contributed by atoms with Crippen LogP contribution in [0.3, 0.4) is 0 Å².